The number of esters is 1. The normalized spacial score (nSPS) is 16.8. The first-order valence-corrected chi connectivity index (χ1v) is 8.94. The lowest BCUT2D eigenvalue weighted by Gasteiger charge is -2.41. The highest BCUT2D eigenvalue weighted by atomic mass is 16.6. The van der Waals surface area contributed by atoms with Crippen molar-refractivity contribution in [3.8, 4) is 0 Å². The Morgan fingerprint density at radius 1 is 1.08 bits per heavy atom. The third kappa shape index (κ3) is 3.50. The van der Waals surface area contributed by atoms with E-state index in [0.29, 0.717) is 6.54 Å². The summed E-state index contributed by atoms with van der Waals surface area (Å²) >= 11 is 0. The highest BCUT2D eigenvalue weighted by Crippen LogP contribution is 2.37. The topological polar surface area (TPSA) is 46.6 Å². The molecule has 1 heterocycles. The van der Waals surface area contributed by atoms with Crippen LogP contribution in [-0.4, -0.2) is 28.9 Å². The van der Waals surface area contributed by atoms with E-state index in [1.807, 2.05) is 24.0 Å². The van der Waals surface area contributed by atoms with Crippen molar-refractivity contribution in [1.82, 2.24) is 4.90 Å². The molecule has 0 aromatic heterocycles. The van der Waals surface area contributed by atoms with E-state index in [4.69, 9.17) is 4.74 Å². The maximum Gasteiger partial charge on any atom is 0.303 e. The number of carbonyl (C=O) groups is 2. The maximum absolute atomic E-state index is 13.3. The van der Waals surface area contributed by atoms with E-state index in [1.165, 1.54) is 18.1 Å². The summed E-state index contributed by atoms with van der Waals surface area (Å²) in [5, 5.41) is 0. The fraction of sp³-hybridized carbons (Fsp3) is 0.364. The first-order valence-electron chi connectivity index (χ1n) is 8.94. The van der Waals surface area contributed by atoms with Crippen LogP contribution in [-0.2, 0) is 20.7 Å². The number of nitrogens with zero attached hydrogens (tertiary/aromatic N) is 1. The molecule has 136 valence electrons. The Labute approximate surface area is 154 Å². The van der Waals surface area contributed by atoms with E-state index in [0.717, 1.165) is 17.5 Å². The van der Waals surface area contributed by atoms with Crippen LogP contribution in [0.15, 0.2) is 48.5 Å². The van der Waals surface area contributed by atoms with Crippen molar-refractivity contribution in [3.63, 3.8) is 0 Å². The lowest BCUT2D eigenvalue weighted by molar-refractivity contribution is -0.169. The summed E-state index contributed by atoms with van der Waals surface area (Å²) in [6.45, 7) is 7.29. The minimum absolute atomic E-state index is 0.173. The number of ether oxygens (including phenoxy) is 1. The second-order valence-electron chi connectivity index (χ2n) is 7.36. The summed E-state index contributed by atoms with van der Waals surface area (Å²) in [7, 11) is 0. The Morgan fingerprint density at radius 3 is 2.38 bits per heavy atom. The highest BCUT2D eigenvalue weighted by Gasteiger charge is 2.40. The molecule has 4 heteroatoms. The van der Waals surface area contributed by atoms with Crippen molar-refractivity contribution in [2.75, 3.05) is 6.54 Å². The molecule has 0 fully saturated rings. The summed E-state index contributed by atoms with van der Waals surface area (Å²) in [6.07, 6.45) is 0.792. The Morgan fingerprint density at radius 2 is 1.73 bits per heavy atom. The molecular weight excluding hydrogens is 326 g/mol. The summed E-state index contributed by atoms with van der Waals surface area (Å²) < 4.78 is 5.31. The summed E-state index contributed by atoms with van der Waals surface area (Å²) in [5.41, 5.74) is 3.44. The van der Waals surface area contributed by atoms with Crippen molar-refractivity contribution >= 4 is 11.9 Å². The van der Waals surface area contributed by atoms with Crippen molar-refractivity contribution < 1.29 is 14.3 Å². The predicted molar refractivity (Wildman–Crippen MR) is 101 cm³/mol. The molecule has 1 atom stereocenters. The van der Waals surface area contributed by atoms with E-state index in [9.17, 15) is 9.59 Å². The number of carbonyl (C=O) groups excluding carboxylic acids is 2. The largest absolute Gasteiger partial charge is 0.450 e. The molecule has 0 N–H and O–H groups in total. The van der Waals surface area contributed by atoms with E-state index < -0.39 is 11.6 Å². The number of amides is 1. The van der Waals surface area contributed by atoms with E-state index in [-0.39, 0.29) is 11.9 Å². The van der Waals surface area contributed by atoms with Crippen LogP contribution in [0.4, 0.5) is 0 Å². The smallest absolute Gasteiger partial charge is 0.303 e. The molecule has 1 aliphatic heterocycles. The third-order valence-corrected chi connectivity index (χ3v) is 4.85. The fourth-order valence-electron chi connectivity index (χ4n) is 3.64. The molecule has 1 unspecified atom stereocenters. The molecule has 0 saturated heterocycles. The lowest BCUT2D eigenvalue weighted by Crippen LogP contribution is -2.51. The van der Waals surface area contributed by atoms with Gasteiger partial charge in [-0.05, 0) is 43.9 Å². The molecule has 0 radical (unpaired) electrons. The number of benzene rings is 2. The maximum atomic E-state index is 13.3. The van der Waals surface area contributed by atoms with Gasteiger partial charge in [0, 0.05) is 13.5 Å². The molecule has 0 spiro atoms. The SMILES string of the molecule is CC(=O)OC(C)(C)C(=O)N1CCc2ccccc2C1c1ccc(C)cc1. The van der Waals surface area contributed by atoms with Crippen LogP contribution in [0.1, 0.15) is 49.1 Å². The van der Waals surface area contributed by atoms with Gasteiger partial charge >= 0.3 is 5.97 Å². The van der Waals surface area contributed by atoms with Gasteiger partial charge in [-0.1, -0.05) is 54.1 Å². The number of rotatable bonds is 3. The quantitative estimate of drug-likeness (QED) is 0.790. The summed E-state index contributed by atoms with van der Waals surface area (Å²) in [5.74, 6) is -0.625. The van der Waals surface area contributed by atoms with Gasteiger partial charge in [0.25, 0.3) is 5.91 Å². The zero-order valence-electron chi connectivity index (χ0n) is 15.8. The van der Waals surface area contributed by atoms with Gasteiger partial charge in [-0.3, -0.25) is 9.59 Å². The Kier molecular flexibility index (Phi) is 4.86. The molecular formula is C22H25NO3. The van der Waals surface area contributed by atoms with Crippen molar-refractivity contribution in [2.45, 2.75) is 45.8 Å². The Hall–Kier alpha value is -2.62. The van der Waals surface area contributed by atoms with Gasteiger partial charge in [0.2, 0.25) is 0 Å². The molecule has 26 heavy (non-hydrogen) atoms. The average molecular weight is 351 g/mol. The van der Waals surface area contributed by atoms with Crippen LogP contribution in [0.5, 0.6) is 0 Å². The molecule has 0 bridgehead atoms. The molecule has 0 aliphatic carbocycles. The van der Waals surface area contributed by atoms with Crippen LogP contribution in [0.3, 0.4) is 0 Å². The van der Waals surface area contributed by atoms with Crippen molar-refractivity contribution in [3.05, 3.63) is 70.8 Å². The fourth-order valence-corrected chi connectivity index (χ4v) is 3.64. The lowest BCUT2D eigenvalue weighted by atomic mass is 9.87. The summed E-state index contributed by atoms with van der Waals surface area (Å²) in [6, 6.07) is 16.3. The molecule has 3 rings (SSSR count). The number of aryl methyl sites for hydroxylation is 1. The predicted octanol–water partition coefficient (Wildman–Crippen LogP) is 3.81. The van der Waals surface area contributed by atoms with Crippen LogP contribution in [0, 0.1) is 6.92 Å². The van der Waals surface area contributed by atoms with Gasteiger partial charge in [-0.2, -0.15) is 0 Å². The van der Waals surface area contributed by atoms with Crippen LogP contribution >= 0.6 is 0 Å². The molecule has 2 aromatic rings. The molecule has 0 saturated carbocycles. The standard InChI is InChI=1S/C22H25NO3/c1-15-9-11-18(12-10-15)20-19-8-6-5-7-17(19)13-14-23(20)21(25)22(3,4)26-16(2)24/h5-12,20H,13-14H2,1-4H3. The van der Waals surface area contributed by atoms with Gasteiger partial charge in [0.05, 0.1) is 6.04 Å². The van der Waals surface area contributed by atoms with Gasteiger partial charge in [0.15, 0.2) is 5.60 Å². The van der Waals surface area contributed by atoms with E-state index >= 15 is 0 Å². The van der Waals surface area contributed by atoms with Crippen LogP contribution in [0.2, 0.25) is 0 Å². The highest BCUT2D eigenvalue weighted by molar-refractivity contribution is 5.87. The Balaban J connectivity index is 2.05. The van der Waals surface area contributed by atoms with E-state index in [2.05, 4.69) is 36.4 Å². The first kappa shape index (κ1) is 18.2. The summed E-state index contributed by atoms with van der Waals surface area (Å²) in [4.78, 5) is 26.5. The minimum atomic E-state index is -1.19. The van der Waals surface area contributed by atoms with Gasteiger partial charge in [-0.15, -0.1) is 0 Å². The van der Waals surface area contributed by atoms with Crippen molar-refractivity contribution in [2.24, 2.45) is 0 Å². The third-order valence-electron chi connectivity index (χ3n) is 4.85. The average Bonchev–Trinajstić information content (AvgIpc) is 2.60. The van der Waals surface area contributed by atoms with Crippen LogP contribution in [0.25, 0.3) is 0 Å². The first-order chi connectivity index (χ1) is 12.3. The molecule has 1 amide bonds. The molecule has 4 nitrogen and oxygen atoms in total. The van der Waals surface area contributed by atoms with Crippen LogP contribution < -0.4 is 0 Å². The van der Waals surface area contributed by atoms with Gasteiger partial charge in [0.1, 0.15) is 0 Å². The second-order valence-corrected chi connectivity index (χ2v) is 7.36. The van der Waals surface area contributed by atoms with Gasteiger partial charge in [-0.25, -0.2) is 0 Å². The van der Waals surface area contributed by atoms with E-state index in [1.54, 1.807) is 13.8 Å². The van der Waals surface area contributed by atoms with Gasteiger partial charge < -0.3 is 9.64 Å². The zero-order chi connectivity index (χ0) is 18.9. The number of hydrogen-bond donors (Lipinski definition) is 0. The van der Waals surface area contributed by atoms with Crippen molar-refractivity contribution in [1.29, 1.82) is 0 Å². The number of hydrogen-bond acceptors (Lipinski definition) is 3. The number of fused-ring (bicyclic) bond motifs is 1. The minimum Gasteiger partial charge on any atom is -0.450 e. The second kappa shape index (κ2) is 6.94. The monoisotopic (exact) mass is 351 g/mol. The zero-order valence-corrected chi connectivity index (χ0v) is 15.8. The molecule has 1 aliphatic rings. The molecule has 2 aromatic carbocycles. The Bertz CT molecular complexity index is 824.